The quantitative estimate of drug-likeness (QED) is 0.651. The number of hydrogen-bond acceptors (Lipinski definition) is 4. The van der Waals surface area contributed by atoms with Crippen molar-refractivity contribution >= 4 is 5.69 Å². The Kier molecular flexibility index (Phi) is 5.12. The smallest absolute Gasteiger partial charge is 0.270 e. The highest BCUT2D eigenvalue weighted by Gasteiger charge is 2.13. The van der Waals surface area contributed by atoms with Gasteiger partial charge >= 0.3 is 0 Å². The Bertz CT molecular complexity index is 671. The molecular weight excluding hydrogens is 280 g/mol. The summed E-state index contributed by atoms with van der Waals surface area (Å²) in [6, 6.07) is 12.5. The Morgan fingerprint density at radius 2 is 2.05 bits per heavy atom. The summed E-state index contributed by atoms with van der Waals surface area (Å²) < 4.78 is 5.40. The molecule has 0 aliphatic heterocycles. The van der Waals surface area contributed by atoms with E-state index in [0.717, 1.165) is 23.1 Å². The molecule has 0 saturated carbocycles. The Hall–Kier alpha value is -2.40. The minimum atomic E-state index is -0.392. The molecule has 0 saturated heterocycles. The fourth-order valence-electron chi connectivity index (χ4n) is 2.46. The third-order valence-corrected chi connectivity index (χ3v) is 3.76. The molecule has 1 atom stereocenters. The Balaban J connectivity index is 2.50. The molecule has 0 bridgehead atoms. The van der Waals surface area contributed by atoms with Gasteiger partial charge in [0.1, 0.15) is 5.75 Å². The van der Waals surface area contributed by atoms with Gasteiger partial charge in [-0.1, -0.05) is 25.1 Å². The summed E-state index contributed by atoms with van der Waals surface area (Å²) in [6.07, 6.45) is 0.890. The second-order valence-electron chi connectivity index (χ2n) is 5.25. The first kappa shape index (κ1) is 16.0. The van der Waals surface area contributed by atoms with E-state index in [1.165, 1.54) is 6.07 Å². The lowest BCUT2D eigenvalue weighted by atomic mass is 9.93. The first-order valence-electron chi connectivity index (χ1n) is 7.19. The van der Waals surface area contributed by atoms with Crippen LogP contribution < -0.4 is 10.5 Å². The number of nitro benzene ring substituents is 1. The molecule has 22 heavy (non-hydrogen) atoms. The van der Waals surface area contributed by atoms with Gasteiger partial charge in [0.05, 0.1) is 12.0 Å². The summed E-state index contributed by atoms with van der Waals surface area (Å²) in [5.41, 5.74) is 8.47. The number of hydrogen-bond donors (Lipinski definition) is 1. The maximum atomic E-state index is 11.0. The van der Waals surface area contributed by atoms with E-state index in [1.807, 2.05) is 24.3 Å². The van der Waals surface area contributed by atoms with Crippen molar-refractivity contribution in [3.63, 3.8) is 0 Å². The van der Waals surface area contributed by atoms with Crippen LogP contribution in [0, 0.1) is 10.1 Å². The normalized spacial score (nSPS) is 12.0. The first-order valence-corrected chi connectivity index (χ1v) is 7.19. The van der Waals surface area contributed by atoms with Crippen LogP contribution in [0.5, 0.6) is 5.75 Å². The molecule has 0 aromatic heterocycles. The molecule has 2 N–H and O–H groups in total. The molecule has 0 amide bonds. The van der Waals surface area contributed by atoms with Crippen molar-refractivity contribution in [3.8, 4) is 16.9 Å². The first-order chi connectivity index (χ1) is 10.6. The number of ether oxygens (including phenoxy) is 1. The van der Waals surface area contributed by atoms with Crippen LogP contribution in [0.2, 0.25) is 0 Å². The molecule has 0 fully saturated rings. The lowest BCUT2D eigenvalue weighted by molar-refractivity contribution is -0.384. The molecule has 0 spiro atoms. The largest absolute Gasteiger partial charge is 0.496 e. The van der Waals surface area contributed by atoms with Crippen molar-refractivity contribution in [3.05, 3.63) is 58.1 Å². The van der Waals surface area contributed by atoms with E-state index in [2.05, 4.69) is 6.92 Å². The van der Waals surface area contributed by atoms with E-state index in [0.29, 0.717) is 18.2 Å². The standard InChI is InChI=1S/C17H20N2O3/c1-12(8-9-18)13-6-7-17(22-2)16(11-13)14-4-3-5-15(10-14)19(20)21/h3-7,10-12H,8-9,18H2,1-2H3. The minimum Gasteiger partial charge on any atom is -0.496 e. The number of nitrogens with two attached hydrogens (primary N) is 1. The highest BCUT2D eigenvalue weighted by atomic mass is 16.6. The molecule has 0 aliphatic carbocycles. The maximum absolute atomic E-state index is 11.0. The molecule has 1 unspecified atom stereocenters. The molecule has 116 valence electrons. The van der Waals surface area contributed by atoms with Crippen molar-refractivity contribution in [1.82, 2.24) is 0 Å². The topological polar surface area (TPSA) is 78.4 Å². The van der Waals surface area contributed by atoms with Crippen LogP contribution in [-0.2, 0) is 0 Å². The van der Waals surface area contributed by atoms with E-state index in [9.17, 15) is 10.1 Å². The van der Waals surface area contributed by atoms with Crippen molar-refractivity contribution in [2.45, 2.75) is 19.3 Å². The molecule has 2 rings (SSSR count). The Labute approximate surface area is 129 Å². The average molecular weight is 300 g/mol. The number of rotatable bonds is 6. The van der Waals surface area contributed by atoms with Gasteiger partial charge in [0, 0.05) is 17.7 Å². The summed E-state index contributed by atoms with van der Waals surface area (Å²) in [5.74, 6) is 1.03. The van der Waals surface area contributed by atoms with Crippen LogP contribution in [0.1, 0.15) is 24.8 Å². The third-order valence-electron chi connectivity index (χ3n) is 3.76. The fourth-order valence-corrected chi connectivity index (χ4v) is 2.46. The molecule has 0 heterocycles. The van der Waals surface area contributed by atoms with Crippen molar-refractivity contribution in [2.75, 3.05) is 13.7 Å². The van der Waals surface area contributed by atoms with Crippen molar-refractivity contribution in [1.29, 1.82) is 0 Å². The maximum Gasteiger partial charge on any atom is 0.270 e. The van der Waals surface area contributed by atoms with Gasteiger partial charge in [-0.05, 0) is 42.1 Å². The van der Waals surface area contributed by atoms with Gasteiger partial charge in [-0.2, -0.15) is 0 Å². The predicted octanol–water partition coefficient (Wildman–Crippen LogP) is 3.72. The fraction of sp³-hybridized carbons (Fsp3) is 0.294. The van der Waals surface area contributed by atoms with E-state index in [-0.39, 0.29) is 5.69 Å². The van der Waals surface area contributed by atoms with Crippen LogP contribution in [0.4, 0.5) is 5.69 Å². The van der Waals surface area contributed by atoms with Gasteiger partial charge in [0.25, 0.3) is 5.69 Å². The van der Waals surface area contributed by atoms with E-state index >= 15 is 0 Å². The molecule has 0 radical (unpaired) electrons. The Morgan fingerprint density at radius 3 is 2.68 bits per heavy atom. The number of benzene rings is 2. The van der Waals surface area contributed by atoms with E-state index in [1.54, 1.807) is 19.2 Å². The Morgan fingerprint density at radius 1 is 1.27 bits per heavy atom. The second kappa shape index (κ2) is 7.04. The SMILES string of the molecule is COc1ccc(C(C)CCN)cc1-c1cccc([N+](=O)[O-])c1. The van der Waals surface area contributed by atoms with Crippen LogP contribution in [0.3, 0.4) is 0 Å². The molecule has 0 aliphatic rings. The zero-order valence-corrected chi connectivity index (χ0v) is 12.8. The molecular formula is C17H20N2O3. The number of nitrogens with zero attached hydrogens (tertiary/aromatic N) is 1. The predicted molar refractivity (Wildman–Crippen MR) is 87.2 cm³/mol. The van der Waals surface area contributed by atoms with Gasteiger partial charge in [-0.15, -0.1) is 0 Å². The van der Waals surface area contributed by atoms with E-state index in [4.69, 9.17) is 10.5 Å². The zero-order chi connectivity index (χ0) is 16.1. The van der Waals surface area contributed by atoms with Crippen LogP contribution in [0.15, 0.2) is 42.5 Å². The highest BCUT2D eigenvalue weighted by Crippen LogP contribution is 2.34. The molecule has 2 aromatic carbocycles. The lowest BCUT2D eigenvalue weighted by Crippen LogP contribution is -2.04. The highest BCUT2D eigenvalue weighted by molar-refractivity contribution is 5.73. The molecule has 5 heteroatoms. The third kappa shape index (κ3) is 3.43. The van der Waals surface area contributed by atoms with Gasteiger partial charge in [0.2, 0.25) is 0 Å². The molecule has 5 nitrogen and oxygen atoms in total. The summed E-state index contributed by atoms with van der Waals surface area (Å²) in [4.78, 5) is 10.6. The van der Waals surface area contributed by atoms with Gasteiger partial charge < -0.3 is 10.5 Å². The monoisotopic (exact) mass is 300 g/mol. The minimum absolute atomic E-state index is 0.0694. The van der Waals surface area contributed by atoms with Crippen LogP contribution in [0.25, 0.3) is 11.1 Å². The van der Waals surface area contributed by atoms with E-state index < -0.39 is 4.92 Å². The number of methoxy groups -OCH3 is 1. The van der Waals surface area contributed by atoms with Gasteiger partial charge in [-0.3, -0.25) is 10.1 Å². The summed E-state index contributed by atoms with van der Waals surface area (Å²) in [7, 11) is 1.60. The lowest BCUT2D eigenvalue weighted by Gasteiger charge is -2.15. The zero-order valence-electron chi connectivity index (χ0n) is 12.8. The van der Waals surface area contributed by atoms with Gasteiger partial charge in [0.15, 0.2) is 0 Å². The number of nitro groups is 1. The second-order valence-corrected chi connectivity index (χ2v) is 5.25. The average Bonchev–Trinajstić information content (AvgIpc) is 2.54. The van der Waals surface area contributed by atoms with Crippen molar-refractivity contribution in [2.24, 2.45) is 5.73 Å². The van der Waals surface area contributed by atoms with Crippen LogP contribution in [-0.4, -0.2) is 18.6 Å². The number of non-ortho nitro benzene ring substituents is 1. The van der Waals surface area contributed by atoms with Crippen LogP contribution >= 0.6 is 0 Å². The summed E-state index contributed by atoms with van der Waals surface area (Å²) in [6.45, 7) is 2.74. The van der Waals surface area contributed by atoms with Gasteiger partial charge in [-0.25, -0.2) is 0 Å². The van der Waals surface area contributed by atoms with Crippen molar-refractivity contribution < 1.29 is 9.66 Å². The summed E-state index contributed by atoms with van der Waals surface area (Å²) >= 11 is 0. The molecule has 2 aromatic rings. The summed E-state index contributed by atoms with van der Waals surface area (Å²) in [5, 5.41) is 11.0.